The molecule has 0 aliphatic rings. The summed E-state index contributed by atoms with van der Waals surface area (Å²) >= 11 is 4.48. The smallest absolute Gasteiger partial charge is 0.258 e. The van der Waals surface area contributed by atoms with Crippen molar-refractivity contribution < 1.29 is 4.92 Å². The normalized spacial score (nSPS) is 10.1. The number of nitrogens with zero attached hydrogens (tertiary/aromatic N) is 3. The van der Waals surface area contributed by atoms with Crippen molar-refractivity contribution in [2.24, 2.45) is 0 Å². The summed E-state index contributed by atoms with van der Waals surface area (Å²) in [5, 5.41) is 19.4. The number of nitriles is 1. The number of hydrogen-bond donors (Lipinski definition) is 0. The number of aromatic nitrogens is 1. The summed E-state index contributed by atoms with van der Waals surface area (Å²) in [6.45, 7) is 0. The Labute approximate surface area is 96.3 Å². The van der Waals surface area contributed by atoms with Crippen LogP contribution in [-0.2, 0) is 0 Å². The minimum atomic E-state index is -0.564. The number of benzene rings is 1. The molecule has 0 saturated heterocycles. The van der Waals surface area contributed by atoms with Gasteiger partial charge in [0.2, 0.25) is 0 Å². The highest BCUT2D eigenvalue weighted by atomic mass is 79.9. The van der Waals surface area contributed by atoms with Gasteiger partial charge in [-0.3, -0.25) is 10.1 Å². The van der Waals surface area contributed by atoms with Gasteiger partial charge in [-0.05, 0) is 22.0 Å². The molecule has 0 unspecified atom stereocenters. The largest absolute Gasteiger partial charge is 0.288 e. The maximum atomic E-state index is 10.7. The van der Waals surface area contributed by atoms with E-state index in [1.165, 1.54) is 23.5 Å². The third-order valence-electron chi connectivity index (χ3n) is 1.80. The highest BCUT2D eigenvalue weighted by Gasteiger charge is 2.16. The van der Waals surface area contributed by atoms with Crippen LogP contribution in [0.25, 0.3) is 10.2 Å². The van der Waals surface area contributed by atoms with E-state index in [0.717, 1.165) is 0 Å². The Morgan fingerprint density at radius 3 is 2.93 bits per heavy atom. The Kier molecular flexibility index (Phi) is 2.38. The van der Waals surface area contributed by atoms with Crippen LogP contribution in [0.1, 0.15) is 5.56 Å². The van der Waals surface area contributed by atoms with Crippen molar-refractivity contribution in [2.45, 2.75) is 0 Å². The van der Waals surface area contributed by atoms with Crippen molar-refractivity contribution >= 4 is 43.2 Å². The molecule has 15 heavy (non-hydrogen) atoms. The van der Waals surface area contributed by atoms with E-state index >= 15 is 0 Å². The maximum Gasteiger partial charge on any atom is 0.288 e. The molecule has 0 spiro atoms. The van der Waals surface area contributed by atoms with Crippen molar-refractivity contribution in [3.63, 3.8) is 0 Å². The van der Waals surface area contributed by atoms with E-state index in [1.54, 1.807) is 6.07 Å². The minimum Gasteiger partial charge on any atom is -0.258 e. The Morgan fingerprint density at radius 1 is 1.60 bits per heavy atom. The number of nitro benzene ring substituents is 1. The molecule has 0 amide bonds. The maximum absolute atomic E-state index is 10.7. The highest BCUT2D eigenvalue weighted by molar-refractivity contribution is 9.11. The van der Waals surface area contributed by atoms with Crippen molar-refractivity contribution in [1.29, 1.82) is 5.26 Å². The predicted molar refractivity (Wildman–Crippen MR) is 58.7 cm³/mol. The topological polar surface area (TPSA) is 79.8 Å². The first-order valence-electron chi connectivity index (χ1n) is 3.76. The zero-order valence-corrected chi connectivity index (χ0v) is 9.50. The molecule has 0 atom stereocenters. The molecule has 0 radical (unpaired) electrons. The molecule has 2 aromatic rings. The van der Waals surface area contributed by atoms with Crippen LogP contribution < -0.4 is 0 Å². The van der Waals surface area contributed by atoms with E-state index in [9.17, 15) is 10.1 Å². The van der Waals surface area contributed by atoms with Crippen LogP contribution in [-0.4, -0.2) is 9.91 Å². The summed E-state index contributed by atoms with van der Waals surface area (Å²) in [6.07, 6.45) is 0. The lowest BCUT2D eigenvalue weighted by atomic mass is 10.2. The van der Waals surface area contributed by atoms with Crippen molar-refractivity contribution in [1.82, 2.24) is 4.98 Å². The second kappa shape index (κ2) is 3.56. The first-order chi connectivity index (χ1) is 7.11. The molecule has 1 heterocycles. The quantitative estimate of drug-likeness (QED) is 0.595. The standard InChI is InChI=1S/C8H2BrN3O2S/c9-8-11-5-1-4(3-10)6(12(13)14)2-7(5)15-8/h1-2H. The number of halogens is 1. The van der Waals surface area contributed by atoms with Gasteiger partial charge in [0.1, 0.15) is 11.6 Å². The lowest BCUT2D eigenvalue weighted by molar-refractivity contribution is -0.385. The summed E-state index contributed by atoms with van der Waals surface area (Å²) in [7, 11) is 0. The van der Waals surface area contributed by atoms with E-state index in [2.05, 4.69) is 20.9 Å². The average molecular weight is 284 g/mol. The van der Waals surface area contributed by atoms with E-state index in [0.29, 0.717) is 14.1 Å². The second-order valence-corrected chi connectivity index (χ2v) is 4.98. The highest BCUT2D eigenvalue weighted by Crippen LogP contribution is 2.31. The van der Waals surface area contributed by atoms with Gasteiger partial charge in [0.15, 0.2) is 3.92 Å². The summed E-state index contributed by atoms with van der Waals surface area (Å²) in [5.74, 6) is 0. The lowest BCUT2D eigenvalue weighted by Crippen LogP contribution is -1.91. The zero-order valence-electron chi connectivity index (χ0n) is 7.10. The summed E-state index contributed by atoms with van der Waals surface area (Å²) in [6, 6.07) is 4.58. The van der Waals surface area contributed by atoms with Gasteiger partial charge in [-0.2, -0.15) is 5.26 Å². The number of hydrogen-bond acceptors (Lipinski definition) is 5. The fourth-order valence-corrected chi connectivity index (χ4v) is 2.59. The average Bonchev–Trinajstić information content (AvgIpc) is 2.54. The van der Waals surface area contributed by atoms with Crippen LogP contribution in [0.3, 0.4) is 0 Å². The Morgan fingerprint density at radius 2 is 2.33 bits per heavy atom. The van der Waals surface area contributed by atoms with Gasteiger partial charge in [-0.25, -0.2) is 4.98 Å². The molecule has 7 heteroatoms. The minimum absolute atomic E-state index is 0.0327. The molecule has 1 aromatic heterocycles. The number of thiazole rings is 1. The first-order valence-corrected chi connectivity index (χ1v) is 5.37. The molecule has 0 aliphatic heterocycles. The summed E-state index contributed by atoms with van der Waals surface area (Å²) in [4.78, 5) is 14.2. The molecule has 1 aromatic carbocycles. The predicted octanol–water partition coefficient (Wildman–Crippen LogP) is 2.84. The zero-order chi connectivity index (χ0) is 11.0. The number of nitro groups is 1. The fourth-order valence-electron chi connectivity index (χ4n) is 1.18. The monoisotopic (exact) mass is 283 g/mol. The molecule has 2 rings (SSSR count). The van der Waals surface area contributed by atoms with Crippen LogP contribution in [0.5, 0.6) is 0 Å². The van der Waals surface area contributed by atoms with Gasteiger partial charge in [0.05, 0.1) is 15.1 Å². The van der Waals surface area contributed by atoms with Crippen molar-refractivity contribution in [3.05, 3.63) is 31.7 Å². The van der Waals surface area contributed by atoms with Gasteiger partial charge in [0, 0.05) is 6.07 Å². The van der Waals surface area contributed by atoms with Crippen molar-refractivity contribution in [2.75, 3.05) is 0 Å². The number of fused-ring (bicyclic) bond motifs is 1. The van der Waals surface area contributed by atoms with Gasteiger partial charge < -0.3 is 0 Å². The summed E-state index contributed by atoms with van der Waals surface area (Å²) in [5.41, 5.74) is 0.445. The SMILES string of the molecule is N#Cc1cc2nc(Br)sc2cc1[N+](=O)[O-]. The molecule has 0 aliphatic carbocycles. The van der Waals surface area contributed by atoms with E-state index < -0.39 is 4.92 Å². The third-order valence-corrected chi connectivity index (χ3v) is 3.27. The molecular weight excluding hydrogens is 282 g/mol. The molecule has 0 saturated carbocycles. The van der Waals surface area contributed by atoms with E-state index in [1.807, 2.05) is 0 Å². The fraction of sp³-hybridized carbons (Fsp3) is 0. The van der Waals surface area contributed by atoms with Crippen LogP contribution in [0.4, 0.5) is 5.69 Å². The second-order valence-electron chi connectivity index (χ2n) is 2.67. The summed E-state index contributed by atoms with van der Waals surface area (Å²) < 4.78 is 1.33. The Bertz CT molecular complexity index is 602. The van der Waals surface area contributed by atoms with E-state index in [4.69, 9.17) is 5.26 Å². The molecule has 74 valence electrons. The number of rotatable bonds is 1. The molecular formula is C8H2BrN3O2S. The van der Waals surface area contributed by atoms with Crippen LogP contribution >= 0.6 is 27.3 Å². The molecule has 0 fully saturated rings. The van der Waals surface area contributed by atoms with Crippen molar-refractivity contribution in [3.8, 4) is 6.07 Å². The third kappa shape index (κ3) is 1.69. The van der Waals surface area contributed by atoms with Gasteiger partial charge in [-0.15, -0.1) is 11.3 Å². The molecule has 0 N–H and O–H groups in total. The Hall–Kier alpha value is -1.52. The molecule has 0 bridgehead atoms. The van der Waals surface area contributed by atoms with Crippen LogP contribution in [0.2, 0.25) is 0 Å². The van der Waals surface area contributed by atoms with Gasteiger partial charge >= 0.3 is 0 Å². The Balaban J connectivity index is 2.81. The van der Waals surface area contributed by atoms with Gasteiger partial charge in [-0.1, -0.05) is 0 Å². The molecule has 5 nitrogen and oxygen atoms in total. The van der Waals surface area contributed by atoms with Crippen LogP contribution in [0.15, 0.2) is 16.0 Å². The van der Waals surface area contributed by atoms with Gasteiger partial charge in [0.25, 0.3) is 5.69 Å². The van der Waals surface area contributed by atoms with E-state index in [-0.39, 0.29) is 11.3 Å². The lowest BCUT2D eigenvalue weighted by Gasteiger charge is -1.93. The van der Waals surface area contributed by atoms with Crippen LogP contribution in [0, 0.1) is 21.4 Å². The first kappa shape index (κ1) is 10.0.